The van der Waals surface area contributed by atoms with Crippen molar-refractivity contribution in [3.8, 4) is 0 Å². The van der Waals surface area contributed by atoms with E-state index >= 15 is 0 Å². The summed E-state index contributed by atoms with van der Waals surface area (Å²) in [5, 5.41) is 0. The molecule has 3 aliphatic carbocycles. The maximum atomic E-state index is 2.46. The fourth-order valence-corrected chi connectivity index (χ4v) is 6.11. The molecule has 0 atom stereocenters. The maximum Gasteiger partial charge on any atom is -0.0386 e. The zero-order chi connectivity index (χ0) is 16.1. The second-order valence-electron chi connectivity index (χ2n) is 9.67. The Balaban J connectivity index is 1.30. The van der Waals surface area contributed by atoms with Crippen molar-refractivity contribution in [1.29, 1.82) is 0 Å². The molecule has 3 aliphatic rings. The lowest BCUT2D eigenvalue weighted by molar-refractivity contribution is 0.142. The molecule has 0 spiro atoms. The Morgan fingerprint density at radius 3 is 1.39 bits per heavy atom. The highest BCUT2D eigenvalue weighted by atomic mass is 14.4. The van der Waals surface area contributed by atoms with Gasteiger partial charge in [-0.3, -0.25) is 0 Å². The quantitative estimate of drug-likeness (QED) is 0.489. The standard InChI is InChI=1S/C23H42/c1-3-19-6-8-20(9-7-19)10-11-21-12-16-23(17-13-21)22-14-4-18(2)5-15-22/h18-23H,3-17H2,1-2H3. The van der Waals surface area contributed by atoms with Gasteiger partial charge in [-0.25, -0.2) is 0 Å². The molecule has 0 saturated heterocycles. The summed E-state index contributed by atoms with van der Waals surface area (Å²) in [4.78, 5) is 0. The Labute approximate surface area is 146 Å². The van der Waals surface area contributed by atoms with Crippen LogP contribution in [0.3, 0.4) is 0 Å². The van der Waals surface area contributed by atoms with E-state index in [0.717, 1.165) is 35.5 Å². The molecule has 23 heavy (non-hydrogen) atoms. The summed E-state index contributed by atoms with van der Waals surface area (Å²) in [7, 11) is 0. The largest absolute Gasteiger partial charge is 0.0651 e. The third kappa shape index (κ3) is 5.23. The van der Waals surface area contributed by atoms with Crippen LogP contribution in [0.15, 0.2) is 0 Å². The first-order valence-corrected chi connectivity index (χ1v) is 11.2. The minimum atomic E-state index is 1.02. The van der Waals surface area contributed by atoms with Crippen LogP contribution in [0.25, 0.3) is 0 Å². The summed E-state index contributed by atoms with van der Waals surface area (Å²) in [6.45, 7) is 4.84. The van der Waals surface area contributed by atoms with Crippen LogP contribution >= 0.6 is 0 Å². The van der Waals surface area contributed by atoms with Gasteiger partial charge in [-0.15, -0.1) is 0 Å². The Morgan fingerprint density at radius 2 is 0.913 bits per heavy atom. The van der Waals surface area contributed by atoms with E-state index in [1.807, 2.05) is 0 Å². The predicted molar refractivity (Wildman–Crippen MR) is 102 cm³/mol. The van der Waals surface area contributed by atoms with Gasteiger partial charge in [-0.1, -0.05) is 84.5 Å². The smallest absolute Gasteiger partial charge is 0.0386 e. The van der Waals surface area contributed by atoms with Gasteiger partial charge in [0.2, 0.25) is 0 Å². The normalized spacial score (nSPS) is 42.5. The fourth-order valence-electron chi connectivity index (χ4n) is 6.11. The van der Waals surface area contributed by atoms with Gasteiger partial charge in [0.25, 0.3) is 0 Å². The van der Waals surface area contributed by atoms with E-state index in [4.69, 9.17) is 0 Å². The van der Waals surface area contributed by atoms with Gasteiger partial charge in [-0.05, 0) is 61.2 Å². The van der Waals surface area contributed by atoms with Crippen molar-refractivity contribution >= 4 is 0 Å². The molecule has 3 fully saturated rings. The molecule has 0 N–H and O–H groups in total. The molecule has 0 aromatic rings. The topological polar surface area (TPSA) is 0 Å². The van der Waals surface area contributed by atoms with Crippen LogP contribution in [-0.2, 0) is 0 Å². The first kappa shape index (κ1) is 17.8. The van der Waals surface area contributed by atoms with Crippen LogP contribution in [0.1, 0.15) is 110 Å². The van der Waals surface area contributed by atoms with Crippen LogP contribution in [-0.4, -0.2) is 0 Å². The molecule has 0 bridgehead atoms. The molecule has 0 radical (unpaired) electrons. The van der Waals surface area contributed by atoms with Gasteiger partial charge in [-0.2, -0.15) is 0 Å². The van der Waals surface area contributed by atoms with Crippen LogP contribution in [0.5, 0.6) is 0 Å². The van der Waals surface area contributed by atoms with Crippen molar-refractivity contribution in [1.82, 2.24) is 0 Å². The second-order valence-corrected chi connectivity index (χ2v) is 9.67. The summed E-state index contributed by atoms with van der Waals surface area (Å²) in [6, 6.07) is 0. The second kappa shape index (κ2) is 8.91. The molecule has 0 heteroatoms. The summed E-state index contributed by atoms with van der Waals surface area (Å²) in [6.07, 6.45) is 23.2. The Hall–Kier alpha value is 0. The van der Waals surface area contributed by atoms with Gasteiger partial charge < -0.3 is 0 Å². The Kier molecular flexibility index (Phi) is 6.90. The van der Waals surface area contributed by atoms with E-state index in [2.05, 4.69) is 13.8 Å². The zero-order valence-corrected chi connectivity index (χ0v) is 16.1. The van der Waals surface area contributed by atoms with Crippen LogP contribution in [0.4, 0.5) is 0 Å². The number of hydrogen-bond donors (Lipinski definition) is 0. The molecule has 0 nitrogen and oxygen atoms in total. The third-order valence-electron chi connectivity index (χ3n) is 8.15. The highest BCUT2D eigenvalue weighted by molar-refractivity contribution is 4.82. The molecule has 134 valence electrons. The van der Waals surface area contributed by atoms with Crippen LogP contribution < -0.4 is 0 Å². The van der Waals surface area contributed by atoms with Crippen molar-refractivity contribution < 1.29 is 0 Å². The fraction of sp³-hybridized carbons (Fsp3) is 1.00. The van der Waals surface area contributed by atoms with Crippen molar-refractivity contribution in [3.05, 3.63) is 0 Å². The summed E-state index contributed by atoms with van der Waals surface area (Å²) >= 11 is 0. The molecular formula is C23H42. The molecule has 0 heterocycles. The lowest BCUT2D eigenvalue weighted by Crippen LogP contribution is -2.25. The molecule has 3 saturated carbocycles. The Bertz CT molecular complexity index is 309. The number of hydrogen-bond acceptors (Lipinski definition) is 0. The van der Waals surface area contributed by atoms with E-state index in [0.29, 0.717) is 0 Å². The van der Waals surface area contributed by atoms with Crippen LogP contribution in [0.2, 0.25) is 0 Å². The maximum absolute atomic E-state index is 2.46. The highest BCUT2D eigenvalue weighted by Crippen LogP contribution is 2.43. The van der Waals surface area contributed by atoms with Crippen LogP contribution in [0, 0.1) is 35.5 Å². The monoisotopic (exact) mass is 318 g/mol. The van der Waals surface area contributed by atoms with Crippen molar-refractivity contribution in [3.63, 3.8) is 0 Å². The Morgan fingerprint density at radius 1 is 0.522 bits per heavy atom. The average Bonchev–Trinajstić information content (AvgIpc) is 2.61. The van der Waals surface area contributed by atoms with E-state index in [-0.39, 0.29) is 0 Å². The lowest BCUT2D eigenvalue weighted by Gasteiger charge is -2.37. The highest BCUT2D eigenvalue weighted by Gasteiger charge is 2.30. The van der Waals surface area contributed by atoms with Gasteiger partial charge in [0.1, 0.15) is 0 Å². The molecule has 0 aromatic heterocycles. The molecule has 0 aromatic carbocycles. The van der Waals surface area contributed by atoms with Crippen molar-refractivity contribution in [2.75, 3.05) is 0 Å². The molecule has 0 aliphatic heterocycles. The summed E-state index contributed by atoms with van der Waals surface area (Å²) in [5.74, 6) is 6.49. The molecular weight excluding hydrogens is 276 g/mol. The van der Waals surface area contributed by atoms with Gasteiger partial charge in [0, 0.05) is 0 Å². The third-order valence-corrected chi connectivity index (χ3v) is 8.15. The van der Waals surface area contributed by atoms with E-state index in [1.165, 1.54) is 32.1 Å². The van der Waals surface area contributed by atoms with Gasteiger partial charge >= 0.3 is 0 Å². The first-order chi connectivity index (χ1) is 11.2. The minimum absolute atomic E-state index is 1.02. The van der Waals surface area contributed by atoms with Crippen molar-refractivity contribution in [2.45, 2.75) is 110 Å². The van der Waals surface area contributed by atoms with E-state index < -0.39 is 0 Å². The summed E-state index contributed by atoms with van der Waals surface area (Å²) < 4.78 is 0. The minimum Gasteiger partial charge on any atom is -0.0651 e. The first-order valence-electron chi connectivity index (χ1n) is 11.2. The van der Waals surface area contributed by atoms with Gasteiger partial charge in [0.15, 0.2) is 0 Å². The van der Waals surface area contributed by atoms with Gasteiger partial charge in [0.05, 0.1) is 0 Å². The molecule has 0 unspecified atom stereocenters. The van der Waals surface area contributed by atoms with E-state index in [1.54, 1.807) is 64.2 Å². The zero-order valence-electron chi connectivity index (χ0n) is 16.1. The molecule has 0 amide bonds. The van der Waals surface area contributed by atoms with Crippen molar-refractivity contribution in [2.24, 2.45) is 35.5 Å². The lowest BCUT2D eigenvalue weighted by atomic mass is 9.68. The van der Waals surface area contributed by atoms with E-state index in [9.17, 15) is 0 Å². The average molecular weight is 319 g/mol. The predicted octanol–water partition coefficient (Wildman–Crippen LogP) is 7.62. The number of rotatable bonds is 5. The molecule has 3 rings (SSSR count). The summed E-state index contributed by atoms with van der Waals surface area (Å²) in [5.41, 5.74) is 0. The SMILES string of the molecule is CCC1CCC(CCC2CCC(C3CCC(C)CC3)CC2)CC1.